The van der Waals surface area contributed by atoms with Gasteiger partial charge >= 0.3 is 0 Å². The number of rotatable bonds is 7. The Hall–Kier alpha value is -1.62. The maximum atomic E-state index is 5.80. The third-order valence-corrected chi connectivity index (χ3v) is 2.69. The van der Waals surface area contributed by atoms with E-state index in [0.29, 0.717) is 0 Å². The molecule has 5 heteroatoms. The van der Waals surface area contributed by atoms with Gasteiger partial charge in [0.1, 0.15) is 11.5 Å². The van der Waals surface area contributed by atoms with E-state index in [-0.39, 0.29) is 0 Å². The molecule has 0 saturated heterocycles. The molecule has 0 saturated carbocycles. The molecule has 0 amide bonds. The molecule has 2 aromatic rings. The van der Waals surface area contributed by atoms with E-state index in [1.807, 2.05) is 16.8 Å². The molecule has 0 aliphatic heterocycles. The first-order chi connectivity index (χ1) is 8.85. The van der Waals surface area contributed by atoms with Gasteiger partial charge in [0.25, 0.3) is 0 Å². The Balaban J connectivity index is 2.06. The van der Waals surface area contributed by atoms with Gasteiger partial charge in [0.2, 0.25) is 0 Å². The van der Waals surface area contributed by atoms with E-state index in [4.69, 9.17) is 4.42 Å². The number of aromatic nitrogens is 3. The van der Waals surface area contributed by atoms with Gasteiger partial charge < -0.3 is 9.73 Å². The van der Waals surface area contributed by atoms with Crippen LogP contribution in [0.5, 0.6) is 0 Å². The van der Waals surface area contributed by atoms with Gasteiger partial charge in [-0.05, 0) is 31.5 Å². The molecular formula is C13H20N4O. The highest BCUT2D eigenvalue weighted by molar-refractivity contribution is 5.51. The van der Waals surface area contributed by atoms with Crippen molar-refractivity contribution in [3.8, 4) is 11.5 Å². The molecule has 0 bridgehead atoms. The van der Waals surface area contributed by atoms with Gasteiger partial charge in [0.15, 0.2) is 5.76 Å². The molecule has 98 valence electrons. The van der Waals surface area contributed by atoms with E-state index in [1.54, 1.807) is 6.20 Å². The van der Waals surface area contributed by atoms with Gasteiger partial charge in [-0.1, -0.05) is 19.1 Å². The zero-order valence-corrected chi connectivity index (χ0v) is 11.0. The van der Waals surface area contributed by atoms with Gasteiger partial charge in [-0.3, -0.25) is 0 Å². The first kappa shape index (κ1) is 12.8. The van der Waals surface area contributed by atoms with E-state index in [9.17, 15) is 0 Å². The molecule has 2 aromatic heterocycles. The van der Waals surface area contributed by atoms with Crippen LogP contribution in [0.1, 0.15) is 32.4 Å². The Morgan fingerprint density at radius 2 is 2.17 bits per heavy atom. The minimum atomic E-state index is 0.767. The summed E-state index contributed by atoms with van der Waals surface area (Å²) in [6.07, 6.45) is 3.90. The zero-order chi connectivity index (χ0) is 12.8. The highest BCUT2D eigenvalue weighted by Gasteiger charge is 2.10. The molecule has 0 fully saturated rings. The topological polar surface area (TPSA) is 55.9 Å². The molecule has 0 aliphatic rings. The highest BCUT2D eigenvalue weighted by Crippen LogP contribution is 2.21. The number of aryl methyl sites for hydroxylation is 1. The molecule has 5 nitrogen and oxygen atoms in total. The van der Waals surface area contributed by atoms with E-state index < -0.39 is 0 Å². The van der Waals surface area contributed by atoms with E-state index in [0.717, 1.165) is 49.7 Å². The van der Waals surface area contributed by atoms with Crippen molar-refractivity contribution in [3.05, 3.63) is 24.1 Å². The van der Waals surface area contributed by atoms with Gasteiger partial charge in [-0.15, -0.1) is 5.10 Å². The molecule has 2 heterocycles. The SMILES string of the molecule is CCCNCc1ccc(-c2cnnn2CCC)o1. The van der Waals surface area contributed by atoms with Gasteiger partial charge in [0, 0.05) is 6.54 Å². The molecule has 0 aliphatic carbocycles. The van der Waals surface area contributed by atoms with Gasteiger partial charge in [0.05, 0.1) is 12.7 Å². The largest absolute Gasteiger partial charge is 0.458 e. The van der Waals surface area contributed by atoms with Crippen molar-refractivity contribution in [2.24, 2.45) is 0 Å². The second-order valence-corrected chi connectivity index (χ2v) is 4.29. The monoisotopic (exact) mass is 248 g/mol. The third-order valence-electron chi connectivity index (χ3n) is 2.69. The van der Waals surface area contributed by atoms with E-state index in [1.165, 1.54) is 0 Å². The summed E-state index contributed by atoms with van der Waals surface area (Å²) in [5.41, 5.74) is 0.943. The van der Waals surface area contributed by atoms with Gasteiger partial charge in [-0.25, -0.2) is 4.68 Å². The number of hydrogen-bond donors (Lipinski definition) is 1. The Kier molecular flexibility index (Phi) is 4.52. The Morgan fingerprint density at radius 3 is 2.94 bits per heavy atom. The van der Waals surface area contributed by atoms with Crippen molar-refractivity contribution in [1.82, 2.24) is 20.3 Å². The fraction of sp³-hybridized carbons (Fsp3) is 0.538. The zero-order valence-electron chi connectivity index (χ0n) is 11.0. The highest BCUT2D eigenvalue weighted by atomic mass is 16.3. The van der Waals surface area contributed by atoms with Crippen LogP contribution in [0, 0.1) is 0 Å². The number of furan rings is 1. The Morgan fingerprint density at radius 1 is 1.28 bits per heavy atom. The lowest BCUT2D eigenvalue weighted by Crippen LogP contribution is -2.12. The summed E-state index contributed by atoms with van der Waals surface area (Å²) in [7, 11) is 0. The van der Waals surface area contributed by atoms with E-state index >= 15 is 0 Å². The summed E-state index contributed by atoms with van der Waals surface area (Å²) in [6, 6.07) is 3.98. The van der Waals surface area contributed by atoms with Crippen LogP contribution in [0.3, 0.4) is 0 Å². The standard InChI is InChI=1S/C13H20N4O/c1-3-7-14-9-11-5-6-13(18-11)12-10-15-16-17(12)8-4-2/h5-6,10,14H,3-4,7-9H2,1-2H3. The lowest BCUT2D eigenvalue weighted by atomic mass is 10.3. The lowest BCUT2D eigenvalue weighted by Gasteiger charge is -2.02. The van der Waals surface area contributed by atoms with Crippen LogP contribution < -0.4 is 5.32 Å². The first-order valence-corrected chi connectivity index (χ1v) is 6.53. The predicted molar refractivity (Wildman–Crippen MR) is 70.0 cm³/mol. The predicted octanol–water partition coefficient (Wildman–Crippen LogP) is 2.45. The van der Waals surface area contributed by atoms with Crippen LogP contribution in [0.4, 0.5) is 0 Å². The van der Waals surface area contributed by atoms with Crippen LogP contribution in [0.2, 0.25) is 0 Å². The van der Waals surface area contributed by atoms with Crippen LogP contribution in [-0.4, -0.2) is 21.5 Å². The van der Waals surface area contributed by atoms with Crippen molar-refractivity contribution >= 4 is 0 Å². The fourth-order valence-electron chi connectivity index (χ4n) is 1.82. The van der Waals surface area contributed by atoms with Crippen molar-refractivity contribution in [3.63, 3.8) is 0 Å². The molecule has 2 rings (SSSR count). The van der Waals surface area contributed by atoms with Crippen molar-refractivity contribution in [1.29, 1.82) is 0 Å². The molecule has 18 heavy (non-hydrogen) atoms. The van der Waals surface area contributed by atoms with Crippen molar-refractivity contribution in [2.45, 2.75) is 39.8 Å². The average Bonchev–Trinajstić information content (AvgIpc) is 2.98. The van der Waals surface area contributed by atoms with Crippen molar-refractivity contribution < 1.29 is 4.42 Å². The quantitative estimate of drug-likeness (QED) is 0.765. The summed E-state index contributed by atoms with van der Waals surface area (Å²) in [5.74, 6) is 1.78. The van der Waals surface area contributed by atoms with Crippen LogP contribution in [0.25, 0.3) is 11.5 Å². The second-order valence-electron chi connectivity index (χ2n) is 4.29. The lowest BCUT2D eigenvalue weighted by molar-refractivity contribution is 0.485. The Labute approximate surface area is 107 Å². The van der Waals surface area contributed by atoms with E-state index in [2.05, 4.69) is 29.5 Å². The minimum Gasteiger partial charge on any atom is -0.458 e. The maximum Gasteiger partial charge on any atom is 0.154 e. The minimum absolute atomic E-state index is 0.767. The summed E-state index contributed by atoms with van der Waals surface area (Å²) >= 11 is 0. The van der Waals surface area contributed by atoms with Crippen LogP contribution in [0.15, 0.2) is 22.7 Å². The normalized spacial score (nSPS) is 11.0. The van der Waals surface area contributed by atoms with Crippen LogP contribution >= 0.6 is 0 Å². The molecule has 0 radical (unpaired) electrons. The smallest absolute Gasteiger partial charge is 0.154 e. The first-order valence-electron chi connectivity index (χ1n) is 6.53. The fourth-order valence-corrected chi connectivity index (χ4v) is 1.82. The van der Waals surface area contributed by atoms with Crippen LogP contribution in [-0.2, 0) is 13.1 Å². The summed E-state index contributed by atoms with van der Waals surface area (Å²) in [5, 5.41) is 11.3. The molecule has 0 unspecified atom stereocenters. The molecular weight excluding hydrogens is 228 g/mol. The number of nitrogens with zero attached hydrogens (tertiary/aromatic N) is 3. The third kappa shape index (κ3) is 2.98. The van der Waals surface area contributed by atoms with Crippen molar-refractivity contribution in [2.75, 3.05) is 6.54 Å². The van der Waals surface area contributed by atoms with Gasteiger partial charge in [-0.2, -0.15) is 0 Å². The number of nitrogens with one attached hydrogen (secondary N) is 1. The average molecular weight is 248 g/mol. The molecule has 1 N–H and O–H groups in total. The summed E-state index contributed by atoms with van der Waals surface area (Å²) < 4.78 is 7.68. The second kappa shape index (κ2) is 6.35. The molecule has 0 spiro atoms. The molecule has 0 atom stereocenters. The summed E-state index contributed by atoms with van der Waals surface area (Å²) in [4.78, 5) is 0. The Bertz CT molecular complexity index is 475. The summed E-state index contributed by atoms with van der Waals surface area (Å²) in [6.45, 7) is 6.90. The molecule has 0 aromatic carbocycles. The maximum absolute atomic E-state index is 5.80. The number of hydrogen-bond acceptors (Lipinski definition) is 4.